The van der Waals surface area contributed by atoms with Gasteiger partial charge in [0.05, 0.1) is 6.54 Å². The van der Waals surface area contributed by atoms with E-state index in [-0.39, 0.29) is 17.2 Å². The Labute approximate surface area is 186 Å². The fourth-order valence-electron chi connectivity index (χ4n) is 3.49. The number of aryl methyl sites for hydroxylation is 1. The second-order valence-corrected chi connectivity index (χ2v) is 7.57. The average Bonchev–Trinajstić information content (AvgIpc) is 2.77. The first-order chi connectivity index (χ1) is 14.8. The molecule has 1 atom stereocenters. The van der Waals surface area contributed by atoms with Gasteiger partial charge in [-0.15, -0.1) is 0 Å². The van der Waals surface area contributed by atoms with E-state index < -0.39 is 5.97 Å². The highest BCUT2D eigenvalue weighted by atomic mass is 16.4. The molecule has 0 fully saturated rings. The van der Waals surface area contributed by atoms with Gasteiger partial charge in [0.25, 0.3) is 0 Å². The first kappa shape index (κ1) is 26.2. The van der Waals surface area contributed by atoms with Gasteiger partial charge in [0.2, 0.25) is 5.91 Å². The number of phenols is 1. The van der Waals surface area contributed by atoms with Gasteiger partial charge < -0.3 is 15.1 Å². The number of benzene rings is 2. The summed E-state index contributed by atoms with van der Waals surface area (Å²) in [5.74, 6) is -1.04. The van der Waals surface area contributed by atoms with Crippen molar-refractivity contribution in [1.82, 2.24) is 0 Å². The van der Waals surface area contributed by atoms with E-state index in [4.69, 9.17) is 5.11 Å². The number of anilines is 1. The number of carbonyl (C=O) groups excluding carboxylic acids is 1. The van der Waals surface area contributed by atoms with E-state index in [1.54, 1.807) is 11.0 Å². The molecule has 2 N–H and O–H groups in total. The van der Waals surface area contributed by atoms with Gasteiger partial charge in [-0.25, -0.2) is 4.79 Å². The molecule has 0 saturated carbocycles. The zero-order valence-corrected chi connectivity index (χ0v) is 19.5. The highest BCUT2D eigenvalue weighted by molar-refractivity contribution is 5.96. The van der Waals surface area contributed by atoms with E-state index in [1.165, 1.54) is 12.1 Å². The third-order valence-electron chi connectivity index (χ3n) is 5.33. The van der Waals surface area contributed by atoms with Crippen molar-refractivity contribution in [3.8, 4) is 5.75 Å². The molecule has 31 heavy (non-hydrogen) atoms. The fourth-order valence-corrected chi connectivity index (χ4v) is 3.49. The molecule has 0 aromatic heterocycles. The first-order valence-electron chi connectivity index (χ1n) is 11.3. The molecule has 0 spiro atoms. The maximum Gasteiger partial charge on any atom is 0.339 e. The van der Waals surface area contributed by atoms with Gasteiger partial charge in [0, 0.05) is 18.2 Å². The summed E-state index contributed by atoms with van der Waals surface area (Å²) >= 11 is 0. The second kappa shape index (κ2) is 13.5. The largest absolute Gasteiger partial charge is 0.507 e. The maximum absolute atomic E-state index is 13.1. The van der Waals surface area contributed by atoms with Crippen LogP contribution in [0.3, 0.4) is 0 Å². The molecule has 0 aliphatic carbocycles. The van der Waals surface area contributed by atoms with Crippen LogP contribution >= 0.6 is 0 Å². The minimum absolute atomic E-state index is 0.0254. The van der Waals surface area contributed by atoms with Gasteiger partial charge >= 0.3 is 5.97 Å². The van der Waals surface area contributed by atoms with Crippen LogP contribution in [0.5, 0.6) is 5.75 Å². The maximum atomic E-state index is 13.1. The SMILES string of the molecule is CC.CCCC(CC)CCC(=O)N(Cc1ccc(C)cc1)c1ccc(C(=O)O)c(O)c1. The Bertz CT molecular complexity index is 830. The van der Waals surface area contributed by atoms with E-state index in [1.807, 2.05) is 45.0 Å². The summed E-state index contributed by atoms with van der Waals surface area (Å²) in [6.07, 6.45) is 4.51. The lowest BCUT2D eigenvalue weighted by atomic mass is 9.95. The molecule has 0 bridgehead atoms. The van der Waals surface area contributed by atoms with Gasteiger partial charge in [0.1, 0.15) is 11.3 Å². The summed E-state index contributed by atoms with van der Waals surface area (Å²) in [6.45, 7) is 10.7. The summed E-state index contributed by atoms with van der Waals surface area (Å²) < 4.78 is 0. The molecule has 0 aliphatic rings. The lowest BCUT2D eigenvalue weighted by molar-refractivity contribution is -0.119. The Morgan fingerprint density at radius 1 is 1.00 bits per heavy atom. The number of amides is 1. The number of aromatic carboxylic acids is 1. The molecule has 2 rings (SSSR count). The normalized spacial score (nSPS) is 11.3. The molecular formula is C26H37NO4. The molecule has 1 amide bonds. The van der Waals surface area contributed by atoms with Crippen molar-refractivity contribution < 1.29 is 19.8 Å². The van der Waals surface area contributed by atoms with Crippen LogP contribution < -0.4 is 4.90 Å². The quantitative estimate of drug-likeness (QED) is 0.450. The van der Waals surface area contributed by atoms with Gasteiger partial charge in [-0.3, -0.25) is 4.79 Å². The number of hydrogen-bond acceptors (Lipinski definition) is 3. The van der Waals surface area contributed by atoms with Gasteiger partial charge in [-0.05, 0) is 37.0 Å². The molecule has 2 aromatic rings. The summed E-state index contributed by atoms with van der Waals surface area (Å²) in [7, 11) is 0. The Morgan fingerprint density at radius 3 is 2.16 bits per heavy atom. The highest BCUT2D eigenvalue weighted by Crippen LogP contribution is 2.28. The standard InChI is InChI=1S/C24H31NO4.C2H6/c1-4-6-18(5-2)11-14-23(27)25(16-19-9-7-17(3)8-10-19)20-12-13-21(24(28)29)22(26)15-20;1-2/h7-10,12-13,15,18,26H,4-6,11,14,16H2,1-3H3,(H,28,29);1-2H3. The van der Waals surface area contributed by atoms with E-state index in [0.717, 1.165) is 36.8 Å². The van der Waals surface area contributed by atoms with Crippen molar-refractivity contribution in [2.75, 3.05) is 4.90 Å². The van der Waals surface area contributed by atoms with Gasteiger partial charge in [-0.1, -0.05) is 76.8 Å². The number of hydrogen-bond donors (Lipinski definition) is 2. The number of carbonyl (C=O) groups is 2. The average molecular weight is 428 g/mol. The number of carboxylic acid groups (broad SMARTS) is 1. The smallest absolute Gasteiger partial charge is 0.339 e. The Kier molecular flexibility index (Phi) is 11.4. The summed E-state index contributed by atoms with van der Waals surface area (Å²) in [4.78, 5) is 25.9. The van der Waals surface area contributed by atoms with Crippen LogP contribution in [0.4, 0.5) is 5.69 Å². The second-order valence-electron chi connectivity index (χ2n) is 7.57. The lowest BCUT2D eigenvalue weighted by Crippen LogP contribution is -2.30. The molecule has 5 heteroatoms. The lowest BCUT2D eigenvalue weighted by Gasteiger charge is -2.25. The molecule has 2 aromatic carbocycles. The Morgan fingerprint density at radius 2 is 1.65 bits per heavy atom. The Hall–Kier alpha value is -2.82. The predicted molar refractivity (Wildman–Crippen MR) is 127 cm³/mol. The molecule has 1 unspecified atom stereocenters. The van der Waals surface area contributed by atoms with Crippen molar-refractivity contribution in [3.63, 3.8) is 0 Å². The van der Waals surface area contributed by atoms with Crippen LogP contribution in [0.2, 0.25) is 0 Å². The van der Waals surface area contributed by atoms with E-state index >= 15 is 0 Å². The molecule has 0 heterocycles. The zero-order chi connectivity index (χ0) is 23.4. The van der Waals surface area contributed by atoms with Gasteiger partial charge in [0.15, 0.2) is 0 Å². The minimum atomic E-state index is -1.20. The monoisotopic (exact) mass is 427 g/mol. The van der Waals surface area contributed by atoms with Crippen LogP contribution in [0.15, 0.2) is 42.5 Å². The van der Waals surface area contributed by atoms with Crippen LogP contribution in [0, 0.1) is 12.8 Å². The first-order valence-corrected chi connectivity index (χ1v) is 11.3. The number of carboxylic acids is 1. The fraction of sp³-hybridized carbons (Fsp3) is 0.462. The van der Waals surface area contributed by atoms with Gasteiger partial charge in [-0.2, -0.15) is 0 Å². The number of nitrogens with zero attached hydrogens (tertiary/aromatic N) is 1. The molecule has 0 saturated heterocycles. The summed E-state index contributed by atoms with van der Waals surface area (Å²) in [5, 5.41) is 19.3. The molecular weight excluding hydrogens is 390 g/mol. The zero-order valence-electron chi connectivity index (χ0n) is 19.5. The van der Waals surface area contributed by atoms with Crippen LogP contribution in [0.25, 0.3) is 0 Å². The molecule has 170 valence electrons. The van der Waals surface area contributed by atoms with Crippen molar-refractivity contribution in [3.05, 3.63) is 59.2 Å². The van der Waals surface area contributed by atoms with Crippen molar-refractivity contribution in [2.45, 2.75) is 73.3 Å². The van der Waals surface area contributed by atoms with E-state index in [0.29, 0.717) is 24.6 Å². The molecule has 0 radical (unpaired) electrons. The third-order valence-corrected chi connectivity index (χ3v) is 5.33. The molecule has 5 nitrogen and oxygen atoms in total. The van der Waals surface area contributed by atoms with Crippen molar-refractivity contribution in [2.24, 2.45) is 5.92 Å². The van der Waals surface area contributed by atoms with Crippen molar-refractivity contribution >= 4 is 17.6 Å². The Balaban J connectivity index is 0.00000233. The highest BCUT2D eigenvalue weighted by Gasteiger charge is 2.20. The minimum Gasteiger partial charge on any atom is -0.507 e. The number of aromatic hydroxyl groups is 1. The third kappa shape index (κ3) is 8.08. The summed E-state index contributed by atoms with van der Waals surface area (Å²) in [6, 6.07) is 12.2. The van der Waals surface area contributed by atoms with E-state index in [9.17, 15) is 14.7 Å². The summed E-state index contributed by atoms with van der Waals surface area (Å²) in [5.41, 5.74) is 2.44. The van der Waals surface area contributed by atoms with E-state index in [2.05, 4.69) is 13.8 Å². The topological polar surface area (TPSA) is 77.8 Å². The predicted octanol–water partition coefficient (Wildman–Crippen LogP) is 6.56. The van der Waals surface area contributed by atoms with Crippen LogP contribution in [-0.2, 0) is 11.3 Å². The van der Waals surface area contributed by atoms with Crippen LogP contribution in [-0.4, -0.2) is 22.1 Å². The van der Waals surface area contributed by atoms with Crippen molar-refractivity contribution in [1.29, 1.82) is 0 Å². The molecule has 0 aliphatic heterocycles. The number of rotatable bonds is 10. The van der Waals surface area contributed by atoms with Crippen LogP contribution in [0.1, 0.15) is 81.3 Å².